The van der Waals surface area contributed by atoms with Crippen LogP contribution in [0.4, 0.5) is 13.2 Å². The highest BCUT2D eigenvalue weighted by molar-refractivity contribution is 5.85. The molecule has 2 aliphatic rings. The van der Waals surface area contributed by atoms with Crippen molar-refractivity contribution in [3.8, 4) is 0 Å². The molecule has 0 aromatic carbocycles. The highest BCUT2D eigenvalue weighted by Gasteiger charge is 2.45. The zero-order valence-electron chi connectivity index (χ0n) is 11.7. The maximum atomic E-state index is 12.8. The Labute approximate surface area is 121 Å². The van der Waals surface area contributed by atoms with E-state index in [2.05, 4.69) is 0 Å². The molecule has 0 aromatic heterocycles. The summed E-state index contributed by atoms with van der Waals surface area (Å²) in [6.45, 7) is 0.336. The van der Waals surface area contributed by atoms with Crippen molar-refractivity contribution in [3.05, 3.63) is 0 Å². The number of aliphatic carboxylic acids is 1. The molecule has 2 rings (SSSR count). The van der Waals surface area contributed by atoms with Gasteiger partial charge in [0, 0.05) is 12.5 Å². The lowest BCUT2D eigenvalue weighted by Gasteiger charge is -2.38. The summed E-state index contributed by atoms with van der Waals surface area (Å²) in [4.78, 5) is 24.9. The van der Waals surface area contributed by atoms with E-state index in [-0.39, 0.29) is 12.8 Å². The van der Waals surface area contributed by atoms with Crippen molar-refractivity contribution in [1.29, 1.82) is 0 Å². The Morgan fingerprint density at radius 3 is 2.38 bits per heavy atom. The molecule has 1 N–H and O–H groups in total. The van der Waals surface area contributed by atoms with E-state index in [4.69, 9.17) is 5.11 Å². The van der Waals surface area contributed by atoms with Gasteiger partial charge in [-0.25, -0.2) is 4.79 Å². The van der Waals surface area contributed by atoms with Gasteiger partial charge >= 0.3 is 12.1 Å². The van der Waals surface area contributed by atoms with Crippen molar-refractivity contribution >= 4 is 11.9 Å². The van der Waals surface area contributed by atoms with Crippen LogP contribution < -0.4 is 0 Å². The highest BCUT2D eigenvalue weighted by Crippen LogP contribution is 2.40. The fourth-order valence-corrected chi connectivity index (χ4v) is 3.40. The van der Waals surface area contributed by atoms with Crippen LogP contribution in [0.25, 0.3) is 0 Å². The van der Waals surface area contributed by atoms with Gasteiger partial charge in [-0.3, -0.25) is 4.79 Å². The van der Waals surface area contributed by atoms with Crippen LogP contribution in [0.15, 0.2) is 0 Å². The number of amides is 1. The predicted octanol–water partition coefficient (Wildman–Crippen LogP) is 2.82. The Balaban J connectivity index is 2.06. The summed E-state index contributed by atoms with van der Waals surface area (Å²) in [5, 5.41) is 9.16. The Hall–Kier alpha value is -1.27. The van der Waals surface area contributed by atoms with Gasteiger partial charge in [0.25, 0.3) is 0 Å². The minimum absolute atomic E-state index is 0.0651. The van der Waals surface area contributed by atoms with Gasteiger partial charge in [0.05, 0.1) is 5.92 Å². The van der Waals surface area contributed by atoms with E-state index in [1.807, 2.05) is 0 Å². The first kappa shape index (κ1) is 16.1. The molecule has 1 heterocycles. The molecular weight excluding hydrogens is 287 g/mol. The standard InChI is InChI=1S/C14H20F3NO3/c15-14(16,17)10-5-3-4-9(8-10)12(19)18-7-2-1-6-11(18)13(20)21/h9-11H,1-8H2,(H,20,21). The second-order valence-electron chi connectivity index (χ2n) is 5.98. The maximum absolute atomic E-state index is 12.8. The summed E-state index contributed by atoms with van der Waals surface area (Å²) in [5.74, 6) is -3.60. The number of hydrogen-bond acceptors (Lipinski definition) is 2. The number of carbonyl (C=O) groups excluding carboxylic acids is 1. The van der Waals surface area contributed by atoms with E-state index < -0.39 is 35.9 Å². The second-order valence-corrected chi connectivity index (χ2v) is 5.98. The highest BCUT2D eigenvalue weighted by atomic mass is 19.4. The summed E-state index contributed by atoms with van der Waals surface area (Å²) in [6.07, 6.45) is -1.79. The molecule has 1 aliphatic heterocycles. The summed E-state index contributed by atoms with van der Waals surface area (Å²) in [5.41, 5.74) is 0. The lowest BCUT2D eigenvalue weighted by atomic mass is 9.80. The number of rotatable bonds is 2. The molecule has 1 amide bonds. The molecule has 1 saturated heterocycles. The summed E-state index contributed by atoms with van der Waals surface area (Å²) in [6, 6.07) is -0.877. The van der Waals surface area contributed by atoms with Crippen molar-refractivity contribution in [2.45, 2.75) is 57.2 Å². The average molecular weight is 307 g/mol. The van der Waals surface area contributed by atoms with Gasteiger partial charge in [0.15, 0.2) is 0 Å². The monoisotopic (exact) mass is 307 g/mol. The number of nitrogens with zero attached hydrogens (tertiary/aromatic N) is 1. The minimum Gasteiger partial charge on any atom is -0.480 e. The van der Waals surface area contributed by atoms with Crippen LogP contribution in [0, 0.1) is 11.8 Å². The van der Waals surface area contributed by atoms with Crippen LogP contribution in [0.2, 0.25) is 0 Å². The molecule has 0 aromatic rings. The Morgan fingerprint density at radius 1 is 1.05 bits per heavy atom. The molecule has 21 heavy (non-hydrogen) atoms. The van der Waals surface area contributed by atoms with E-state index >= 15 is 0 Å². The molecule has 3 atom stereocenters. The first-order valence-electron chi connectivity index (χ1n) is 7.40. The third kappa shape index (κ3) is 3.68. The van der Waals surface area contributed by atoms with Crippen LogP contribution >= 0.6 is 0 Å². The SMILES string of the molecule is O=C(O)C1CCCCN1C(=O)C1CCCC(C(F)(F)F)C1. The summed E-state index contributed by atoms with van der Waals surface area (Å²) >= 11 is 0. The predicted molar refractivity (Wildman–Crippen MR) is 68.5 cm³/mol. The van der Waals surface area contributed by atoms with Gasteiger partial charge in [-0.2, -0.15) is 13.2 Å². The lowest BCUT2D eigenvalue weighted by Crippen LogP contribution is -2.51. The zero-order valence-corrected chi connectivity index (χ0v) is 11.7. The van der Waals surface area contributed by atoms with Crippen molar-refractivity contribution in [3.63, 3.8) is 0 Å². The lowest BCUT2D eigenvalue weighted by molar-refractivity contribution is -0.188. The molecule has 0 spiro atoms. The van der Waals surface area contributed by atoms with Crippen LogP contribution in [0.3, 0.4) is 0 Å². The smallest absolute Gasteiger partial charge is 0.391 e. The Bertz CT molecular complexity index is 411. The molecule has 0 radical (unpaired) electrons. The zero-order chi connectivity index (χ0) is 15.6. The van der Waals surface area contributed by atoms with Crippen LogP contribution in [-0.4, -0.2) is 40.6 Å². The van der Waals surface area contributed by atoms with Crippen molar-refractivity contribution in [2.24, 2.45) is 11.8 Å². The first-order valence-corrected chi connectivity index (χ1v) is 7.40. The van der Waals surface area contributed by atoms with Crippen LogP contribution in [-0.2, 0) is 9.59 Å². The van der Waals surface area contributed by atoms with Crippen molar-refractivity contribution < 1.29 is 27.9 Å². The van der Waals surface area contributed by atoms with E-state index in [0.29, 0.717) is 32.2 Å². The van der Waals surface area contributed by atoms with Crippen LogP contribution in [0.1, 0.15) is 44.9 Å². The van der Waals surface area contributed by atoms with Gasteiger partial charge in [-0.05, 0) is 38.5 Å². The summed E-state index contributed by atoms with van der Waals surface area (Å²) in [7, 11) is 0. The third-order valence-electron chi connectivity index (χ3n) is 4.56. The quantitative estimate of drug-likeness (QED) is 0.853. The largest absolute Gasteiger partial charge is 0.480 e. The number of likely N-dealkylation sites (tertiary alicyclic amines) is 1. The first-order chi connectivity index (χ1) is 9.80. The molecule has 7 heteroatoms. The van der Waals surface area contributed by atoms with Gasteiger partial charge in [0.2, 0.25) is 5.91 Å². The number of alkyl halides is 3. The van der Waals surface area contributed by atoms with E-state index in [9.17, 15) is 22.8 Å². The fourth-order valence-electron chi connectivity index (χ4n) is 3.40. The van der Waals surface area contributed by atoms with Gasteiger partial charge < -0.3 is 10.0 Å². The number of piperidine rings is 1. The normalized spacial score (nSPS) is 31.0. The Morgan fingerprint density at radius 2 is 1.76 bits per heavy atom. The van der Waals surface area contributed by atoms with E-state index in [0.717, 1.165) is 6.42 Å². The maximum Gasteiger partial charge on any atom is 0.391 e. The number of carboxylic acid groups (broad SMARTS) is 1. The minimum atomic E-state index is -4.27. The molecule has 4 nitrogen and oxygen atoms in total. The molecule has 0 bridgehead atoms. The fraction of sp³-hybridized carbons (Fsp3) is 0.857. The molecule has 1 aliphatic carbocycles. The van der Waals surface area contributed by atoms with Gasteiger partial charge in [-0.15, -0.1) is 0 Å². The van der Waals surface area contributed by atoms with Crippen molar-refractivity contribution in [2.75, 3.05) is 6.54 Å². The number of carboxylic acids is 1. The van der Waals surface area contributed by atoms with Gasteiger partial charge in [-0.1, -0.05) is 6.42 Å². The molecular formula is C14H20F3NO3. The molecule has 3 unspecified atom stereocenters. The third-order valence-corrected chi connectivity index (χ3v) is 4.56. The summed E-state index contributed by atoms with van der Waals surface area (Å²) < 4.78 is 38.4. The van der Waals surface area contributed by atoms with E-state index in [1.165, 1.54) is 4.90 Å². The van der Waals surface area contributed by atoms with Crippen molar-refractivity contribution in [1.82, 2.24) is 4.90 Å². The average Bonchev–Trinajstić information content (AvgIpc) is 2.45. The topological polar surface area (TPSA) is 57.6 Å². The molecule has 120 valence electrons. The number of carbonyl (C=O) groups is 2. The number of hydrogen-bond donors (Lipinski definition) is 1. The molecule has 2 fully saturated rings. The second kappa shape index (κ2) is 6.23. The van der Waals surface area contributed by atoms with Gasteiger partial charge in [0.1, 0.15) is 6.04 Å². The van der Waals surface area contributed by atoms with Crippen LogP contribution in [0.5, 0.6) is 0 Å². The Kier molecular flexibility index (Phi) is 4.78. The van der Waals surface area contributed by atoms with E-state index in [1.54, 1.807) is 0 Å². The molecule has 1 saturated carbocycles. The number of halogens is 3.